The maximum absolute atomic E-state index is 11.9. The van der Waals surface area contributed by atoms with Crippen LogP contribution in [0.25, 0.3) is 0 Å². The number of ether oxygens (including phenoxy) is 1. The van der Waals surface area contributed by atoms with Gasteiger partial charge in [0.15, 0.2) is 0 Å². The largest absolute Gasteiger partial charge is 0.383 e. The molecule has 1 aromatic rings. The van der Waals surface area contributed by atoms with E-state index in [0.717, 1.165) is 6.42 Å². The molecule has 0 spiro atoms. The Kier molecular flexibility index (Phi) is 5.58. The lowest BCUT2D eigenvalue weighted by atomic mass is 9.88. The summed E-state index contributed by atoms with van der Waals surface area (Å²) in [6, 6.07) is 0. The first-order valence-corrected chi connectivity index (χ1v) is 7.98. The summed E-state index contributed by atoms with van der Waals surface area (Å²) < 4.78 is 7.35. The van der Waals surface area contributed by atoms with E-state index in [2.05, 4.69) is 17.3 Å². The molecular weight excluding hydrogens is 282 g/mol. The molecule has 6 nitrogen and oxygen atoms in total. The zero-order chi connectivity index (χ0) is 16.2. The van der Waals surface area contributed by atoms with Crippen molar-refractivity contribution in [1.82, 2.24) is 15.1 Å². The molecule has 2 N–H and O–H groups in total. The van der Waals surface area contributed by atoms with Gasteiger partial charge in [-0.1, -0.05) is 19.8 Å². The Balaban J connectivity index is 1.75. The molecule has 3 unspecified atom stereocenters. The summed E-state index contributed by atoms with van der Waals surface area (Å²) in [4.78, 5) is 11.9. The van der Waals surface area contributed by atoms with Crippen LogP contribution in [0.2, 0.25) is 0 Å². The Labute approximate surface area is 131 Å². The van der Waals surface area contributed by atoms with Gasteiger partial charge in [0.1, 0.15) is 12.2 Å². The molecule has 1 heterocycles. The summed E-state index contributed by atoms with van der Waals surface area (Å²) in [6.07, 6.45) is 8.15. The Hall–Kier alpha value is -1.40. The lowest BCUT2D eigenvalue weighted by Crippen LogP contribution is -2.41. The quantitative estimate of drug-likeness (QED) is 0.831. The van der Waals surface area contributed by atoms with Crippen molar-refractivity contribution in [3.8, 4) is 0 Å². The number of nitrogens with one attached hydrogen (secondary N) is 1. The Morgan fingerprint density at radius 1 is 1.55 bits per heavy atom. The van der Waals surface area contributed by atoms with Gasteiger partial charge in [-0.3, -0.25) is 9.48 Å². The van der Waals surface area contributed by atoms with Crippen LogP contribution in [0.1, 0.15) is 45.1 Å². The summed E-state index contributed by atoms with van der Waals surface area (Å²) in [5, 5.41) is 17.2. The van der Waals surface area contributed by atoms with Crippen molar-refractivity contribution in [3.05, 3.63) is 18.0 Å². The average Bonchev–Trinajstić information content (AvgIpc) is 2.92. The van der Waals surface area contributed by atoms with E-state index in [4.69, 9.17) is 4.74 Å². The number of carbonyl (C=O) groups is 1. The highest BCUT2D eigenvalue weighted by atomic mass is 16.5. The molecule has 1 saturated carbocycles. The lowest BCUT2D eigenvalue weighted by Gasteiger charge is -2.28. The third-order valence-corrected chi connectivity index (χ3v) is 4.42. The second-order valence-electron chi connectivity index (χ2n) is 6.56. The van der Waals surface area contributed by atoms with Gasteiger partial charge in [0.25, 0.3) is 0 Å². The van der Waals surface area contributed by atoms with Gasteiger partial charge in [-0.2, -0.15) is 5.10 Å². The fraction of sp³-hybridized carbons (Fsp3) is 0.750. The van der Waals surface area contributed by atoms with E-state index in [1.54, 1.807) is 31.0 Å². The van der Waals surface area contributed by atoms with Crippen molar-refractivity contribution in [3.63, 3.8) is 0 Å². The Morgan fingerprint density at radius 2 is 2.27 bits per heavy atom. The van der Waals surface area contributed by atoms with Gasteiger partial charge in [0.2, 0.25) is 5.91 Å². The molecular formula is C16H27N3O3. The number of aryl methyl sites for hydroxylation is 1. The van der Waals surface area contributed by atoms with Crippen LogP contribution in [-0.2, 0) is 22.2 Å². The smallest absolute Gasteiger partial charge is 0.246 e. The van der Waals surface area contributed by atoms with Crippen LogP contribution in [-0.4, -0.2) is 40.0 Å². The minimum absolute atomic E-state index is 0.0537. The fourth-order valence-electron chi connectivity index (χ4n) is 2.84. The van der Waals surface area contributed by atoms with E-state index >= 15 is 0 Å². The number of rotatable bonds is 6. The maximum Gasteiger partial charge on any atom is 0.246 e. The van der Waals surface area contributed by atoms with Gasteiger partial charge < -0.3 is 15.2 Å². The number of carbonyl (C=O) groups excluding carboxylic acids is 1. The van der Waals surface area contributed by atoms with Crippen LogP contribution >= 0.6 is 0 Å². The van der Waals surface area contributed by atoms with Gasteiger partial charge in [0, 0.05) is 18.8 Å². The normalized spacial score (nSPS) is 24.7. The second kappa shape index (κ2) is 7.24. The molecule has 1 aromatic heterocycles. The number of hydrogen-bond acceptors (Lipinski definition) is 4. The van der Waals surface area contributed by atoms with E-state index in [0.29, 0.717) is 11.5 Å². The van der Waals surface area contributed by atoms with Crippen LogP contribution < -0.4 is 5.32 Å². The summed E-state index contributed by atoms with van der Waals surface area (Å²) >= 11 is 0. The molecule has 0 radical (unpaired) electrons. The first kappa shape index (κ1) is 17.0. The monoisotopic (exact) mass is 309 g/mol. The van der Waals surface area contributed by atoms with Crippen molar-refractivity contribution in [2.45, 2.75) is 51.2 Å². The SMILES string of the molecule is CC1CCCCC1OCC(=O)NCC(C)(O)c1cnn(C)c1. The summed E-state index contributed by atoms with van der Waals surface area (Å²) in [6.45, 7) is 4.03. The molecule has 0 aromatic carbocycles. The molecule has 3 atom stereocenters. The molecule has 1 fully saturated rings. The van der Waals surface area contributed by atoms with Crippen LogP contribution in [0.5, 0.6) is 0 Å². The standard InChI is InChI=1S/C16H27N3O3/c1-12-6-4-5-7-14(12)22-10-15(20)17-11-16(2,21)13-8-18-19(3)9-13/h8-9,12,14,21H,4-7,10-11H2,1-3H3,(H,17,20). The van der Waals surface area contributed by atoms with Crippen molar-refractivity contribution < 1.29 is 14.6 Å². The fourth-order valence-corrected chi connectivity index (χ4v) is 2.84. The van der Waals surface area contributed by atoms with Crippen molar-refractivity contribution in [1.29, 1.82) is 0 Å². The summed E-state index contributed by atoms with van der Waals surface area (Å²) in [5.41, 5.74) is -0.459. The number of hydrogen-bond donors (Lipinski definition) is 2. The minimum Gasteiger partial charge on any atom is -0.383 e. The molecule has 22 heavy (non-hydrogen) atoms. The highest BCUT2D eigenvalue weighted by molar-refractivity contribution is 5.77. The Morgan fingerprint density at radius 3 is 2.91 bits per heavy atom. The van der Waals surface area contributed by atoms with E-state index in [-0.39, 0.29) is 25.2 Å². The molecule has 6 heteroatoms. The lowest BCUT2D eigenvalue weighted by molar-refractivity contribution is -0.130. The van der Waals surface area contributed by atoms with E-state index in [1.165, 1.54) is 19.3 Å². The number of amides is 1. The van der Waals surface area contributed by atoms with Crippen molar-refractivity contribution in [2.75, 3.05) is 13.2 Å². The van der Waals surface area contributed by atoms with Gasteiger partial charge in [0.05, 0.1) is 18.8 Å². The zero-order valence-electron chi connectivity index (χ0n) is 13.7. The van der Waals surface area contributed by atoms with Crippen molar-refractivity contribution in [2.24, 2.45) is 13.0 Å². The zero-order valence-corrected chi connectivity index (χ0v) is 13.7. The third-order valence-electron chi connectivity index (χ3n) is 4.42. The van der Waals surface area contributed by atoms with Gasteiger partial charge in [-0.05, 0) is 25.7 Å². The molecule has 124 valence electrons. The predicted molar refractivity (Wildman–Crippen MR) is 83.2 cm³/mol. The molecule has 0 aliphatic heterocycles. The Bertz CT molecular complexity index is 499. The first-order valence-electron chi connectivity index (χ1n) is 7.98. The average molecular weight is 309 g/mol. The first-order chi connectivity index (χ1) is 10.4. The minimum atomic E-state index is -1.14. The predicted octanol–water partition coefficient (Wildman–Crippen LogP) is 1.34. The summed E-state index contributed by atoms with van der Waals surface area (Å²) in [7, 11) is 1.79. The van der Waals surface area contributed by atoms with Gasteiger partial charge in [-0.25, -0.2) is 0 Å². The number of aromatic nitrogens is 2. The summed E-state index contributed by atoms with van der Waals surface area (Å²) in [5.74, 6) is 0.321. The van der Waals surface area contributed by atoms with Crippen LogP contribution in [0, 0.1) is 5.92 Å². The molecule has 1 amide bonds. The second-order valence-corrected chi connectivity index (χ2v) is 6.56. The van der Waals surface area contributed by atoms with Crippen LogP contribution in [0.3, 0.4) is 0 Å². The van der Waals surface area contributed by atoms with Crippen molar-refractivity contribution >= 4 is 5.91 Å². The number of aliphatic hydroxyl groups is 1. The highest BCUT2D eigenvalue weighted by Gasteiger charge is 2.26. The third kappa shape index (κ3) is 4.55. The number of nitrogens with zero attached hydrogens (tertiary/aromatic N) is 2. The molecule has 0 bridgehead atoms. The molecule has 2 rings (SSSR count). The van der Waals surface area contributed by atoms with Crippen LogP contribution in [0.15, 0.2) is 12.4 Å². The van der Waals surface area contributed by atoms with Gasteiger partial charge >= 0.3 is 0 Å². The van der Waals surface area contributed by atoms with Crippen LogP contribution in [0.4, 0.5) is 0 Å². The maximum atomic E-state index is 11.9. The molecule has 0 saturated heterocycles. The highest BCUT2D eigenvalue weighted by Crippen LogP contribution is 2.26. The van der Waals surface area contributed by atoms with E-state index in [9.17, 15) is 9.90 Å². The molecule has 1 aliphatic rings. The molecule has 1 aliphatic carbocycles. The van der Waals surface area contributed by atoms with E-state index in [1.807, 2.05) is 0 Å². The van der Waals surface area contributed by atoms with E-state index < -0.39 is 5.60 Å². The van der Waals surface area contributed by atoms with Gasteiger partial charge in [-0.15, -0.1) is 0 Å². The topological polar surface area (TPSA) is 76.4 Å².